The molecule has 1 saturated heterocycles. The maximum absolute atomic E-state index is 13.1. The van der Waals surface area contributed by atoms with Crippen molar-refractivity contribution in [2.45, 2.75) is 25.4 Å². The first-order valence-electron chi connectivity index (χ1n) is 8.04. The fraction of sp³-hybridized carbons (Fsp3) is 0.263. The molecule has 25 heavy (non-hydrogen) atoms. The molecule has 0 bridgehead atoms. The summed E-state index contributed by atoms with van der Waals surface area (Å²) in [5, 5.41) is 2.89. The van der Waals surface area contributed by atoms with E-state index in [-0.39, 0.29) is 18.5 Å². The number of hydrogen-bond donors (Lipinski definition) is 1. The highest BCUT2D eigenvalue weighted by atomic mass is 79.9. The third-order valence-corrected chi connectivity index (χ3v) is 5.15. The summed E-state index contributed by atoms with van der Waals surface area (Å²) in [5.74, 6) is 0.478. The lowest BCUT2D eigenvalue weighted by Crippen LogP contribution is -2.43. The van der Waals surface area contributed by atoms with E-state index in [9.17, 15) is 9.59 Å². The standard InChI is InChI=1S/C19H19BrN2O3/c1-3-19(14-7-5-4-6-8-14)17(23)22(18(24)21-19)12-13-9-10-16(25-2)15(20)11-13/h4-11H,3,12H2,1-2H3,(H,21,24)/t19-/m1/s1. The van der Waals surface area contributed by atoms with Crippen molar-refractivity contribution in [2.75, 3.05) is 7.11 Å². The van der Waals surface area contributed by atoms with Gasteiger partial charge in [0.05, 0.1) is 18.1 Å². The van der Waals surface area contributed by atoms with Crippen molar-refractivity contribution < 1.29 is 14.3 Å². The predicted octanol–water partition coefficient (Wildman–Crippen LogP) is 3.82. The smallest absolute Gasteiger partial charge is 0.325 e. The van der Waals surface area contributed by atoms with Crippen LogP contribution in [0.25, 0.3) is 0 Å². The van der Waals surface area contributed by atoms with Crippen LogP contribution in [0, 0.1) is 0 Å². The van der Waals surface area contributed by atoms with Crippen LogP contribution < -0.4 is 10.1 Å². The molecule has 2 aromatic carbocycles. The van der Waals surface area contributed by atoms with Gasteiger partial charge in [-0.05, 0) is 45.6 Å². The second-order valence-corrected chi connectivity index (χ2v) is 6.77. The van der Waals surface area contributed by atoms with Crippen molar-refractivity contribution in [3.05, 3.63) is 64.1 Å². The molecule has 2 aromatic rings. The molecular formula is C19H19BrN2O3. The number of halogens is 1. The SMILES string of the molecule is CC[C@]1(c2ccccc2)NC(=O)N(Cc2ccc(OC)c(Br)c2)C1=O. The Hall–Kier alpha value is -2.34. The molecule has 1 fully saturated rings. The lowest BCUT2D eigenvalue weighted by Gasteiger charge is -2.25. The van der Waals surface area contributed by atoms with E-state index in [1.165, 1.54) is 4.90 Å². The number of nitrogens with zero attached hydrogens (tertiary/aromatic N) is 1. The van der Waals surface area contributed by atoms with Gasteiger partial charge in [0, 0.05) is 0 Å². The molecule has 0 radical (unpaired) electrons. The average Bonchev–Trinajstić information content (AvgIpc) is 2.88. The number of carbonyl (C=O) groups is 2. The van der Waals surface area contributed by atoms with Crippen LogP contribution in [0.3, 0.4) is 0 Å². The Bertz CT molecular complexity index is 810. The van der Waals surface area contributed by atoms with Gasteiger partial charge in [0.25, 0.3) is 5.91 Å². The van der Waals surface area contributed by atoms with Crippen LogP contribution in [0.15, 0.2) is 53.0 Å². The number of ether oxygens (including phenoxy) is 1. The minimum atomic E-state index is -0.998. The molecule has 5 nitrogen and oxygen atoms in total. The van der Waals surface area contributed by atoms with E-state index in [4.69, 9.17) is 4.74 Å². The fourth-order valence-electron chi connectivity index (χ4n) is 3.12. The van der Waals surface area contributed by atoms with Gasteiger partial charge in [0.1, 0.15) is 11.3 Å². The number of benzene rings is 2. The second-order valence-electron chi connectivity index (χ2n) is 5.92. The molecule has 1 aliphatic rings. The summed E-state index contributed by atoms with van der Waals surface area (Å²) in [5.41, 5.74) is 0.646. The molecule has 1 aliphatic heterocycles. The monoisotopic (exact) mass is 402 g/mol. The van der Waals surface area contributed by atoms with E-state index in [0.717, 1.165) is 15.6 Å². The molecular weight excluding hydrogens is 384 g/mol. The summed E-state index contributed by atoms with van der Waals surface area (Å²) in [4.78, 5) is 26.9. The molecule has 1 atom stereocenters. The highest BCUT2D eigenvalue weighted by molar-refractivity contribution is 9.10. The Morgan fingerprint density at radius 3 is 2.48 bits per heavy atom. The third kappa shape index (κ3) is 3.02. The normalized spacial score (nSPS) is 19.9. The molecule has 3 amide bonds. The van der Waals surface area contributed by atoms with Crippen LogP contribution in [-0.4, -0.2) is 23.9 Å². The number of nitrogens with one attached hydrogen (secondary N) is 1. The second kappa shape index (κ2) is 6.88. The van der Waals surface area contributed by atoms with E-state index in [2.05, 4.69) is 21.2 Å². The van der Waals surface area contributed by atoms with Gasteiger partial charge in [-0.25, -0.2) is 4.79 Å². The van der Waals surface area contributed by atoms with Gasteiger partial charge in [-0.1, -0.05) is 43.3 Å². The molecule has 1 heterocycles. The Labute approximate surface area is 155 Å². The van der Waals surface area contributed by atoms with Crippen molar-refractivity contribution in [3.63, 3.8) is 0 Å². The molecule has 6 heteroatoms. The van der Waals surface area contributed by atoms with Gasteiger partial charge in [-0.3, -0.25) is 9.69 Å². The lowest BCUT2D eigenvalue weighted by atomic mass is 9.87. The Balaban J connectivity index is 1.90. The highest BCUT2D eigenvalue weighted by Crippen LogP contribution is 2.34. The van der Waals surface area contributed by atoms with Gasteiger partial charge in [-0.15, -0.1) is 0 Å². The number of methoxy groups -OCH3 is 1. The summed E-state index contributed by atoms with van der Waals surface area (Å²) in [6, 6.07) is 14.5. The molecule has 0 aliphatic carbocycles. The molecule has 0 saturated carbocycles. The summed E-state index contributed by atoms with van der Waals surface area (Å²) in [6.07, 6.45) is 0.490. The number of carbonyl (C=O) groups excluding carboxylic acids is 2. The zero-order valence-corrected chi connectivity index (χ0v) is 15.7. The Morgan fingerprint density at radius 1 is 1.16 bits per heavy atom. The quantitative estimate of drug-likeness (QED) is 0.773. The van der Waals surface area contributed by atoms with Crippen molar-refractivity contribution in [1.29, 1.82) is 0 Å². The molecule has 1 N–H and O–H groups in total. The summed E-state index contributed by atoms with van der Waals surface area (Å²) >= 11 is 3.43. The van der Waals surface area contributed by atoms with E-state index >= 15 is 0 Å². The summed E-state index contributed by atoms with van der Waals surface area (Å²) in [7, 11) is 1.59. The van der Waals surface area contributed by atoms with Crippen molar-refractivity contribution in [3.8, 4) is 5.75 Å². The number of rotatable bonds is 5. The van der Waals surface area contributed by atoms with Gasteiger partial charge < -0.3 is 10.1 Å². The number of amides is 3. The van der Waals surface area contributed by atoms with E-state index < -0.39 is 5.54 Å². The van der Waals surface area contributed by atoms with Crippen molar-refractivity contribution >= 4 is 27.9 Å². The van der Waals surface area contributed by atoms with E-state index in [0.29, 0.717) is 12.2 Å². The molecule has 3 rings (SSSR count). The van der Waals surface area contributed by atoms with Crippen LogP contribution in [0.5, 0.6) is 5.75 Å². The zero-order valence-electron chi connectivity index (χ0n) is 14.1. The molecule has 0 spiro atoms. The highest BCUT2D eigenvalue weighted by Gasteiger charge is 2.51. The fourth-order valence-corrected chi connectivity index (χ4v) is 3.71. The van der Waals surface area contributed by atoms with Gasteiger partial charge >= 0.3 is 6.03 Å². The maximum Gasteiger partial charge on any atom is 0.325 e. The first kappa shape index (κ1) is 17.5. The van der Waals surface area contributed by atoms with Crippen LogP contribution in [-0.2, 0) is 16.9 Å². The van der Waals surface area contributed by atoms with E-state index in [1.54, 1.807) is 7.11 Å². The lowest BCUT2D eigenvalue weighted by molar-refractivity contribution is -0.132. The minimum absolute atomic E-state index is 0.210. The maximum atomic E-state index is 13.1. The number of imide groups is 1. The van der Waals surface area contributed by atoms with Gasteiger partial charge in [-0.2, -0.15) is 0 Å². The summed E-state index contributed by atoms with van der Waals surface area (Å²) < 4.78 is 6.00. The van der Waals surface area contributed by atoms with Crippen LogP contribution in [0.1, 0.15) is 24.5 Å². The van der Waals surface area contributed by atoms with Crippen LogP contribution in [0.4, 0.5) is 4.79 Å². The molecule has 130 valence electrons. The Kier molecular flexibility index (Phi) is 4.81. The summed E-state index contributed by atoms with van der Waals surface area (Å²) in [6.45, 7) is 2.11. The Morgan fingerprint density at radius 2 is 1.88 bits per heavy atom. The topological polar surface area (TPSA) is 58.6 Å². The van der Waals surface area contributed by atoms with Crippen LogP contribution >= 0.6 is 15.9 Å². The van der Waals surface area contributed by atoms with E-state index in [1.807, 2.05) is 55.5 Å². The van der Waals surface area contributed by atoms with Gasteiger partial charge in [0.2, 0.25) is 0 Å². The van der Waals surface area contributed by atoms with Gasteiger partial charge in [0.15, 0.2) is 0 Å². The third-order valence-electron chi connectivity index (χ3n) is 4.53. The predicted molar refractivity (Wildman–Crippen MR) is 98.2 cm³/mol. The first-order valence-corrected chi connectivity index (χ1v) is 8.83. The molecule has 0 unspecified atom stereocenters. The average molecular weight is 403 g/mol. The zero-order chi connectivity index (χ0) is 18.0. The molecule has 0 aromatic heterocycles. The van der Waals surface area contributed by atoms with Crippen molar-refractivity contribution in [1.82, 2.24) is 10.2 Å². The first-order chi connectivity index (χ1) is 12.0. The number of hydrogen-bond acceptors (Lipinski definition) is 3. The largest absolute Gasteiger partial charge is 0.496 e. The minimum Gasteiger partial charge on any atom is -0.496 e. The number of urea groups is 1. The van der Waals surface area contributed by atoms with Crippen LogP contribution in [0.2, 0.25) is 0 Å². The van der Waals surface area contributed by atoms with Crippen molar-refractivity contribution in [2.24, 2.45) is 0 Å².